The Labute approximate surface area is 152 Å². The van der Waals surface area contributed by atoms with Crippen molar-refractivity contribution >= 4 is 27.5 Å². The van der Waals surface area contributed by atoms with Gasteiger partial charge in [0.25, 0.3) is 15.9 Å². The Hall–Kier alpha value is -2.87. The highest BCUT2D eigenvalue weighted by Gasteiger charge is 2.15. The van der Waals surface area contributed by atoms with Crippen LogP contribution in [0.4, 0.5) is 5.69 Å². The van der Waals surface area contributed by atoms with Crippen molar-refractivity contribution in [3.8, 4) is 0 Å². The predicted molar refractivity (Wildman–Crippen MR) is 99.4 cm³/mol. The zero-order chi connectivity index (χ0) is 19.2. The molecule has 0 aliphatic carbocycles. The molecule has 2 amide bonds. The lowest BCUT2D eigenvalue weighted by Crippen LogP contribution is -2.36. The third-order valence-electron chi connectivity index (χ3n) is 3.49. The zero-order valence-electron chi connectivity index (χ0n) is 14.6. The number of nitrogens with one attached hydrogen (secondary N) is 3. The van der Waals surface area contributed by atoms with Gasteiger partial charge in [-0.3, -0.25) is 14.3 Å². The monoisotopic (exact) mass is 375 g/mol. The normalized spacial score (nSPS) is 10.8. The Morgan fingerprint density at radius 2 is 1.69 bits per heavy atom. The molecule has 2 aromatic rings. The molecule has 0 saturated carbocycles. The van der Waals surface area contributed by atoms with Crippen LogP contribution < -0.4 is 15.4 Å². The quantitative estimate of drug-likeness (QED) is 0.684. The highest BCUT2D eigenvalue weighted by Crippen LogP contribution is 2.17. The number of carbonyl (C=O) groups excluding carboxylic acids is 2. The zero-order valence-corrected chi connectivity index (χ0v) is 15.4. The molecule has 0 bridgehead atoms. The number of amides is 2. The minimum atomic E-state index is -3.75. The summed E-state index contributed by atoms with van der Waals surface area (Å²) in [5.41, 5.74) is 1.46. The fourth-order valence-corrected chi connectivity index (χ4v) is 3.23. The smallest absolute Gasteiger partial charge is 0.261 e. The van der Waals surface area contributed by atoms with Gasteiger partial charge in [0.05, 0.1) is 11.4 Å². The SMILES string of the molecule is CCNC(=O)CNC(=O)c1cccc(NS(=O)(=O)c2ccc(C)cc2)c1. The topological polar surface area (TPSA) is 104 Å². The van der Waals surface area contributed by atoms with Gasteiger partial charge in [0, 0.05) is 17.8 Å². The molecule has 0 fully saturated rings. The van der Waals surface area contributed by atoms with Crippen molar-refractivity contribution in [2.24, 2.45) is 0 Å². The summed E-state index contributed by atoms with van der Waals surface area (Å²) in [6.45, 7) is 3.98. The van der Waals surface area contributed by atoms with Crippen molar-refractivity contribution in [1.29, 1.82) is 0 Å². The highest BCUT2D eigenvalue weighted by atomic mass is 32.2. The molecule has 0 aliphatic rings. The van der Waals surface area contributed by atoms with Crippen LogP contribution in [0, 0.1) is 6.92 Å². The molecule has 0 aromatic heterocycles. The average Bonchev–Trinajstić information content (AvgIpc) is 2.60. The Morgan fingerprint density at radius 1 is 1.00 bits per heavy atom. The maximum Gasteiger partial charge on any atom is 0.261 e. The van der Waals surface area contributed by atoms with E-state index in [4.69, 9.17) is 0 Å². The minimum Gasteiger partial charge on any atom is -0.355 e. The Balaban J connectivity index is 2.10. The number of hydrogen-bond acceptors (Lipinski definition) is 4. The molecule has 0 aliphatic heterocycles. The molecule has 2 rings (SSSR count). The number of anilines is 1. The summed E-state index contributed by atoms with van der Waals surface area (Å²) < 4.78 is 27.3. The second kappa shape index (κ2) is 8.48. The molecule has 0 radical (unpaired) electrons. The highest BCUT2D eigenvalue weighted by molar-refractivity contribution is 7.92. The predicted octanol–water partition coefficient (Wildman–Crippen LogP) is 1.66. The van der Waals surface area contributed by atoms with E-state index in [0.29, 0.717) is 6.54 Å². The fraction of sp³-hybridized carbons (Fsp3) is 0.222. The second-order valence-electron chi connectivity index (χ2n) is 5.64. The van der Waals surface area contributed by atoms with E-state index in [1.54, 1.807) is 31.2 Å². The molecular weight excluding hydrogens is 354 g/mol. The van der Waals surface area contributed by atoms with Gasteiger partial charge in [0.1, 0.15) is 0 Å². The van der Waals surface area contributed by atoms with E-state index in [1.165, 1.54) is 24.3 Å². The number of hydrogen-bond donors (Lipinski definition) is 3. The number of sulfonamides is 1. The molecule has 0 spiro atoms. The van der Waals surface area contributed by atoms with E-state index in [2.05, 4.69) is 15.4 Å². The third kappa shape index (κ3) is 5.32. The second-order valence-corrected chi connectivity index (χ2v) is 7.32. The van der Waals surface area contributed by atoms with Crippen LogP contribution in [0.3, 0.4) is 0 Å². The Morgan fingerprint density at radius 3 is 2.35 bits per heavy atom. The molecular formula is C18H21N3O4S. The van der Waals surface area contributed by atoms with Crippen molar-refractivity contribution < 1.29 is 18.0 Å². The van der Waals surface area contributed by atoms with Gasteiger partial charge in [-0.1, -0.05) is 23.8 Å². The Bertz CT molecular complexity index is 893. The number of carbonyl (C=O) groups is 2. The molecule has 3 N–H and O–H groups in total. The lowest BCUT2D eigenvalue weighted by Gasteiger charge is -2.10. The van der Waals surface area contributed by atoms with Gasteiger partial charge in [-0.25, -0.2) is 8.42 Å². The summed E-state index contributed by atoms with van der Waals surface area (Å²) in [5, 5.41) is 5.05. The maximum absolute atomic E-state index is 12.4. The third-order valence-corrected chi connectivity index (χ3v) is 4.89. The van der Waals surface area contributed by atoms with Crippen LogP contribution >= 0.6 is 0 Å². The number of rotatable bonds is 7. The van der Waals surface area contributed by atoms with E-state index in [9.17, 15) is 18.0 Å². The van der Waals surface area contributed by atoms with E-state index in [1.807, 2.05) is 6.92 Å². The molecule has 138 valence electrons. The van der Waals surface area contributed by atoms with Gasteiger partial charge < -0.3 is 10.6 Å². The first kappa shape index (κ1) is 19.5. The summed E-state index contributed by atoms with van der Waals surface area (Å²) in [4.78, 5) is 23.6. The molecule has 26 heavy (non-hydrogen) atoms. The first-order valence-corrected chi connectivity index (χ1v) is 9.54. The number of aryl methyl sites for hydroxylation is 1. The molecule has 0 saturated heterocycles. The first-order valence-electron chi connectivity index (χ1n) is 8.06. The first-order chi connectivity index (χ1) is 12.3. The summed E-state index contributed by atoms with van der Waals surface area (Å²) in [5.74, 6) is -0.760. The van der Waals surface area contributed by atoms with Crippen molar-refractivity contribution in [2.45, 2.75) is 18.7 Å². The van der Waals surface area contributed by atoms with Gasteiger partial charge in [0.15, 0.2) is 0 Å². The van der Waals surface area contributed by atoms with Crippen molar-refractivity contribution in [3.63, 3.8) is 0 Å². The van der Waals surface area contributed by atoms with Crippen LogP contribution in [0.1, 0.15) is 22.8 Å². The van der Waals surface area contributed by atoms with Gasteiger partial charge in [-0.15, -0.1) is 0 Å². The van der Waals surface area contributed by atoms with Crippen LogP contribution in [0.25, 0.3) is 0 Å². The largest absolute Gasteiger partial charge is 0.355 e. The van der Waals surface area contributed by atoms with Crippen molar-refractivity contribution in [1.82, 2.24) is 10.6 Å². The summed E-state index contributed by atoms with van der Waals surface area (Å²) >= 11 is 0. The van der Waals surface area contributed by atoms with E-state index in [-0.39, 0.29) is 28.6 Å². The van der Waals surface area contributed by atoms with Crippen LogP contribution in [0.2, 0.25) is 0 Å². The Kier molecular flexibility index (Phi) is 6.35. The lowest BCUT2D eigenvalue weighted by atomic mass is 10.2. The van der Waals surface area contributed by atoms with Crippen molar-refractivity contribution in [3.05, 3.63) is 59.7 Å². The fourth-order valence-electron chi connectivity index (χ4n) is 2.18. The number of likely N-dealkylation sites (N-methyl/N-ethyl adjacent to an activating group) is 1. The summed E-state index contributed by atoms with van der Waals surface area (Å²) in [6, 6.07) is 12.5. The van der Waals surface area contributed by atoms with E-state index >= 15 is 0 Å². The van der Waals surface area contributed by atoms with Gasteiger partial charge >= 0.3 is 0 Å². The molecule has 2 aromatic carbocycles. The van der Waals surface area contributed by atoms with Crippen molar-refractivity contribution in [2.75, 3.05) is 17.8 Å². The lowest BCUT2D eigenvalue weighted by molar-refractivity contribution is -0.120. The molecule has 7 nitrogen and oxygen atoms in total. The summed E-state index contributed by atoms with van der Waals surface area (Å²) in [7, 11) is -3.75. The molecule has 0 atom stereocenters. The van der Waals surface area contributed by atoms with E-state index < -0.39 is 15.9 Å². The molecule has 0 unspecified atom stereocenters. The minimum absolute atomic E-state index is 0.134. The maximum atomic E-state index is 12.4. The van der Waals surface area contributed by atoms with Gasteiger partial charge in [-0.2, -0.15) is 0 Å². The van der Waals surface area contributed by atoms with Gasteiger partial charge in [0.2, 0.25) is 5.91 Å². The van der Waals surface area contributed by atoms with Crippen LogP contribution in [-0.4, -0.2) is 33.3 Å². The van der Waals surface area contributed by atoms with E-state index in [0.717, 1.165) is 5.56 Å². The number of benzene rings is 2. The standard InChI is InChI=1S/C18H21N3O4S/c1-3-19-17(22)12-20-18(23)14-5-4-6-15(11-14)21-26(24,25)16-9-7-13(2)8-10-16/h4-11,21H,3,12H2,1-2H3,(H,19,22)(H,20,23). The van der Waals surface area contributed by atoms with Crippen LogP contribution in [0.15, 0.2) is 53.4 Å². The summed E-state index contributed by atoms with van der Waals surface area (Å²) in [6.07, 6.45) is 0. The van der Waals surface area contributed by atoms with Crippen LogP contribution in [0.5, 0.6) is 0 Å². The average molecular weight is 375 g/mol. The van der Waals surface area contributed by atoms with Gasteiger partial charge in [-0.05, 0) is 44.2 Å². The van der Waals surface area contributed by atoms with Crippen LogP contribution in [-0.2, 0) is 14.8 Å². The molecule has 0 heterocycles. The molecule has 8 heteroatoms.